The Morgan fingerprint density at radius 2 is 2.11 bits per heavy atom. The molecule has 140 valence electrons. The van der Waals surface area contributed by atoms with Crippen LogP contribution in [0.3, 0.4) is 0 Å². The normalized spacial score (nSPS) is 16.3. The highest BCUT2D eigenvalue weighted by molar-refractivity contribution is 7.18. The molecule has 1 atom stereocenters. The Bertz CT molecular complexity index is 1050. The van der Waals surface area contributed by atoms with E-state index in [0.717, 1.165) is 41.8 Å². The summed E-state index contributed by atoms with van der Waals surface area (Å²) >= 11 is 1.63. The summed E-state index contributed by atoms with van der Waals surface area (Å²) in [6.45, 7) is 4.31. The molecule has 2 aromatic heterocycles. The number of aromatic nitrogens is 2. The van der Waals surface area contributed by atoms with E-state index in [1.54, 1.807) is 11.3 Å². The molecule has 1 aromatic carbocycles. The lowest BCUT2D eigenvalue weighted by Gasteiger charge is -2.17. The van der Waals surface area contributed by atoms with Gasteiger partial charge >= 0.3 is 0 Å². The SMILES string of the molecule is CCc1ccc(NC(=O)Cn2cnc3sc4c(c3c2=O)CC[C@@H](C)C4)cc1. The van der Waals surface area contributed by atoms with Crippen LogP contribution >= 0.6 is 11.3 Å². The fourth-order valence-corrected chi connectivity index (χ4v) is 5.00. The van der Waals surface area contributed by atoms with E-state index in [-0.39, 0.29) is 18.0 Å². The Labute approximate surface area is 162 Å². The van der Waals surface area contributed by atoms with Crippen molar-refractivity contribution >= 4 is 33.1 Å². The molecule has 3 aromatic rings. The summed E-state index contributed by atoms with van der Waals surface area (Å²) in [6, 6.07) is 7.76. The number of carbonyl (C=O) groups excluding carboxylic acids is 1. The molecule has 27 heavy (non-hydrogen) atoms. The first kappa shape index (κ1) is 17.9. The number of nitrogens with one attached hydrogen (secondary N) is 1. The summed E-state index contributed by atoms with van der Waals surface area (Å²) in [5, 5.41) is 3.57. The molecule has 5 nitrogen and oxygen atoms in total. The molecule has 0 unspecified atom stereocenters. The Balaban J connectivity index is 1.57. The standard InChI is InChI=1S/C21H23N3O2S/c1-3-14-5-7-15(8-6-14)23-18(25)11-24-12-22-20-19(21(24)26)16-9-4-13(2)10-17(16)27-20/h5-8,12-13H,3-4,9-11H2,1-2H3,(H,23,25)/t13-/m1/s1. The summed E-state index contributed by atoms with van der Waals surface area (Å²) < 4.78 is 1.42. The quantitative estimate of drug-likeness (QED) is 0.748. The fourth-order valence-electron chi connectivity index (χ4n) is 3.66. The zero-order valence-electron chi connectivity index (χ0n) is 15.6. The van der Waals surface area contributed by atoms with E-state index >= 15 is 0 Å². The number of nitrogens with zero attached hydrogens (tertiary/aromatic N) is 2. The molecule has 0 aliphatic heterocycles. The number of benzene rings is 1. The third kappa shape index (κ3) is 3.54. The predicted octanol–water partition coefficient (Wildman–Crippen LogP) is 3.78. The van der Waals surface area contributed by atoms with E-state index < -0.39 is 0 Å². The number of anilines is 1. The van der Waals surface area contributed by atoms with Crippen molar-refractivity contribution in [2.24, 2.45) is 5.92 Å². The molecule has 2 heterocycles. The van der Waals surface area contributed by atoms with E-state index in [4.69, 9.17) is 0 Å². The van der Waals surface area contributed by atoms with Crippen LogP contribution in [-0.4, -0.2) is 15.5 Å². The minimum Gasteiger partial charge on any atom is -0.325 e. The number of carbonyl (C=O) groups is 1. The molecule has 0 radical (unpaired) electrons. The summed E-state index contributed by atoms with van der Waals surface area (Å²) in [4.78, 5) is 31.9. The van der Waals surface area contributed by atoms with Crippen LogP contribution in [-0.2, 0) is 30.6 Å². The van der Waals surface area contributed by atoms with Gasteiger partial charge in [0.1, 0.15) is 11.4 Å². The van der Waals surface area contributed by atoms with Crippen LogP contribution in [0.5, 0.6) is 0 Å². The zero-order chi connectivity index (χ0) is 19.0. The lowest BCUT2D eigenvalue weighted by Crippen LogP contribution is -2.28. The Kier molecular flexibility index (Phi) is 4.83. The van der Waals surface area contributed by atoms with Gasteiger partial charge in [-0.1, -0.05) is 26.0 Å². The Morgan fingerprint density at radius 1 is 1.33 bits per heavy atom. The van der Waals surface area contributed by atoms with Gasteiger partial charge in [0.05, 0.1) is 11.7 Å². The third-order valence-electron chi connectivity index (χ3n) is 5.24. The van der Waals surface area contributed by atoms with Gasteiger partial charge in [-0.25, -0.2) is 4.98 Å². The maximum atomic E-state index is 13.0. The molecule has 1 N–H and O–H groups in total. The molecular formula is C21H23N3O2S. The molecule has 1 aliphatic carbocycles. The van der Waals surface area contributed by atoms with Crippen molar-refractivity contribution in [2.45, 2.75) is 46.1 Å². The van der Waals surface area contributed by atoms with Gasteiger partial charge in [-0.2, -0.15) is 0 Å². The zero-order valence-corrected chi connectivity index (χ0v) is 16.4. The summed E-state index contributed by atoms with van der Waals surface area (Å²) in [5.74, 6) is 0.429. The van der Waals surface area contributed by atoms with Gasteiger partial charge in [0, 0.05) is 10.6 Å². The maximum absolute atomic E-state index is 13.0. The first-order valence-corrected chi connectivity index (χ1v) is 10.2. The van der Waals surface area contributed by atoms with Crippen LogP contribution in [0.1, 0.15) is 36.3 Å². The Morgan fingerprint density at radius 3 is 2.85 bits per heavy atom. The number of amides is 1. The van der Waals surface area contributed by atoms with Crippen molar-refractivity contribution in [3.8, 4) is 0 Å². The molecule has 1 aliphatic rings. The van der Waals surface area contributed by atoms with Crippen molar-refractivity contribution in [1.82, 2.24) is 9.55 Å². The first-order valence-electron chi connectivity index (χ1n) is 9.43. The monoisotopic (exact) mass is 381 g/mol. The van der Waals surface area contributed by atoms with Crippen molar-refractivity contribution in [1.29, 1.82) is 0 Å². The minimum absolute atomic E-state index is 0.0294. The highest BCUT2D eigenvalue weighted by atomic mass is 32.1. The van der Waals surface area contributed by atoms with E-state index in [1.807, 2.05) is 24.3 Å². The van der Waals surface area contributed by atoms with Crippen LogP contribution < -0.4 is 10.9 Å². The molecule has 6 heteroatoms. The van der Waals surface area contributed by atoms with Crippen molar-refractivity contribution in [3.63, 3.8) is 0 Å². The second-order valence-electron chi connectivity index (χ2n) is 7.31. The number of fused-ring (bicyclic) bond motifs is 3. The molecule has 0 spiro atoms. The molecule has 1 amide bonds. The van der Waals surface area contributed by atoms with Gasteiger partial charge in [-0.05, 0) is 54.9 Å². The van der Waals surface area contributed by atoms with Crippen LogP contribution in [0.2, 0.25) is 0 Å². The first-order chi connectivity index (χ1) is 13.0. The van der Waals surface area contributed by atoms with E-state index in [1.165, 1.54) is 21.3 Å². The second-order valence-corrected chi connectivity index (χ2v) is 8.39. The molecule has 0 saturated carbocycles. The summed E-state index contributed by atoms with van der Waals surface area (Å²) in [7, 11) is 0. The number of hydrogen-bond donors (Lipinski definition) is 1. The van der Waals surface area contributed by atoms with Crippen LogP contribution in [0.15, 0.2) is 35.4 Å². The number of thiophene rings is 1. The molecule has 4 rings (SSSR count). The summed E-state index contributed by atoms with van der Waals surface area (Å²) in [5.41, 5.74) is 3.00. The topological polar surface area (TPSA) is 64.0 Å². The highest BCUT2D eigenvalue weighted by Gasteiger charge is 2.23. The van der Waals surface area contributed by atoms with Crippen molar-refractivity contribution in [2.75, 3.05) is 5.32 Å². The molecule has 0 fully saturated rings. The average Bonchev–Trinajstić information content (AvgIpc) is 3.02. The van der Waals surface area contributed by atoms with Crippen LogP contribution in [0.25, 0.3) is 10.2 Å². The van der Waals surface area contributed by atoms with Gasteiger partial charge in [-0.15, -0.1) is 11.3 Å². The van der Waals surface area contributed by atoms with Gasteiger partial charge in [0.25, 0.3) is 5.56 Å². The van der Waals surface area contributed by atoms with Crippen molar-refractivity contribution < 1.29 is 4.79 Å². The van der Waals surface area contributed by atoms with Crippen LogP contribution in [0, 0.1) is 5.92 Å². The lowest BCUT2D eigenvalue weighted by molar-refractivity contribution is -0.116. The smallest absolute Gasteiger partial charge is 0.262 e. The maximum Gasteiger partial charge on any atom is 0.262 e. The second kappa shape index (κ2) is 7.27. The van der Waals surface area contributed by atoms with Gasteiger partial charge in [0.2, 0.25) is 5.91 Å². The highest BCUT2D eigenvalue weighted by Crippen LogP contribution is 2.35. The fraction of sp³-hybridized carbons (Fsp3) is 0.381. The van der Waals surface area contributed by atoms with Gasteiger partial charge in [0.15, 0.2) is 0 Å². The largest absolute Gasteiger partial charge is 0.325 e. The molecular weight excluding hydrogens is 358 g/mol. The van der Waals surface area contributed by atoms with E-state index in [9.17, 15) is 9.59 Å². The van der Waals surface area contributed by atoms with Gasteiger partial charge < -0.3 is 5.32 Å². The van der Waals surface area contributed by atoms with E-state index in [0.29, 0.717) is 11.3 Å². The third-order valence-corrected chi connectivity index (χ3v) is 6.40. The number of rotatable bonds is 4. The number of hydrogen-bond acceptors (Lipinski definition) is 4. The van der Waals surface area contributed by atoms with Crippen LogP contribution in [0.4, 0.5) is 5.69 Å². The average molecular weight is 382 g/mol. The predicted molar refractivity (Wildman–Crippen MR) is 110 cm³/mol. The minimum atomic E-state index is -0.222. The van der Waals surface area contributed by atoms with Crippen molar-refractivity contribution in [3.05, 3.63) is 57.0 Å². The lowest BCUT2D eigenvalue weighted by atomic mass is 9.89. The van der Waals surface area contributed by atoms with Gasteiger partial charge in [-0.3, -0.25) is 14.2 Å². The molecule has 0 bridgehead atoms. The van der Waals surface area contributed by atoms with E-state index in [2.05, 4.69) is 24.1 Å². The summed E-state index contributed by atoms with van der Waals surface area (Å²) in [6.07, 6.45) is 5.49. The molecule has 0 saturated heterocycles. The Hall–Kier alpha value is -2.47. The number of aryl methyl sites for hydroxylation is 2.